The molecule has 0 unspecified atom stereocenters. The number of carbonyl (C=O) groups is 1. The molecule has 0 bridgehead atoms. The molecule has 0 radical (unpaired) electrons. The van der Waals surface area contributed by atoms with Gasteiger partial charge in [0.25, 0.3) is 0 Å². The molecule has 116 valence electrons. The van der Waals surface area contributed by atoms with E-state index >= 15 is 0 Å². The molecule has 2 aromatic carbocycles. The molecule has 1 aromatic heterocycles. The zero-order valence-electron chi connectivity index (χ0n) is 12.8. The van der Waals surface area contributed by atoms with Gasteiger partial charge in [-0.05, 0) is 36.4 Å². The van der Waals surface area contributed by atoms with Gasteiger partial charge < -0.3 is 10.1 Å². The summed E-state index contributed by atoms with van der Waals surface area (Å²) in [5.41, 5.74) is 2.55. The molecule has 0 atom stereocenters. The normalized spacial score (nSPS) is 10.3. The SMILES string of the molecule is COc1ccccc1CC(=O)Nc1ccc(-n2cccn2)cc1. The summed E-state index contributed by atoms with van der Waals surface area (Å²) in [6, 6.07) is 16.9. The first kappa shape index (κ1) is 14.8. The lowest BCUT2D eigenvalue weighted by atomic mass is 10.1. The van der Waals surface area contributed by atoms with Crippen molar-refractivity contribution in [3.8, 4) is 11.4 Å². The number of amides is 1. The number of hydrogen-bond acceptors (Lipinski definition) is 3. The van der Waals surface area contributed by atoms with Crippen LogP contribution in [0.2, 0.25) is 0 Å². The molecule has 0 aliphatic heterocycles. The Morgan fingerprint density at radius 3 is 2.61 bits per heavy atom. The van der Waals surface area contributed by atoms with Crippen molar-refractivity contribution in [2.24, 2.45) is 0 Å². The maximum Gasteiger partial charge on any atom is 0.228 e. The maximum atomic E-state index is 12.2. The zero-order valence-corrected chi connectivity index (χ0v) is 12.8. The van der Waals surface area contributed by atoms with Gasteiger partial charge in [0.15, 0.2) is 0 Å². The molecule has 1 N–H and O–H groups in total. The summed E-state index contributed by atoms with van der Waals surface area (Å²) in [7, 11) is 1.60. The van der Waals surface area contributed by atoms with Crippen LogP contribution in [0.1, 0.15) is 5.56 Å². The van der Waals surface area contributed by atoms with E-state index in [0.29, 0.717) is 0 Å². The molecule has 0 aliphatic carbocycles. The summed E-state index contributed by atoms with van der Waals surface area (Å²) in [6.07, 6.45) is 3.86. The molecular weight excluding hydrogens is 290 g/mol. The van der Waals surface area contributed by atoms with Crippen molar-refractivity contribution in [2.45, 2.75) is 6.42 Å². The van der Waals surface area contributed by atoms with Crippen LogP contribution in [-0.4, -0.2) is 22.8 Å². The molecule has 5 nitrogen and oxygen atoms in total. The Bertz CT molecular complexity index is 780. The van der Waals surface area contributed by atoms with E-state index in [9.17, 15) is 4.79 Å². The van der Waals surface area contributed by atoms with Gasteiger partial charge in [-0.1, -0.05) is 18.2 Å². The summed E-state index contributed by atoms with van der Waals surface area (Å²) in [5.74, 6) is 0.637. The van der Waals surface area contributed by atoms with Gasteiger partial charge in [0.05, 0.1) is 19.2 Å². The lowest BCUT2D eigenvalue weighted by molar-refractivity contribution is -0.115. The highest BCUT2D eigenvalue weighted by atomic mass is 16.5. The molecule has 0 saturated carbocycles. The molecule has 0 fully saturated rings. The molecule has 3 rings (SSSR count). The highest BCUT2D eigenvalue weighted by Crippen LogP contribution is 2.19. The maximum absolute atomic E-state index is 12.2. The number of hydrogen-bond donors (Lipinski definition) is 1. The minimum absolute atomic E-state index is 0.0821. The number of methoxy groups -OCH3 is 1. The largest absolute Gasteiger partial charge is 0.496 e. The third kappa shape index (κ3) is 3.58. The van der Waals surface area contributed by atoms with E-state index in [2.05, 4.69) is 10.4 Å². The Labute approximate surface area is 134 Å². The Hall–Kier alpha value is -3.08. The zero-order chi connectivity index (χ0) is 16.1. The quantitative estimate of drug-likeness (QED) is 0.788. The second-order valence-corrected chi connectivity index (χ2v) is 5.03. The van der Waals surface area contributed by atoms with Crippen molar-refractivity contribution >= 4 is 11.6 Å². The van der Waals surface area contributed by atoms with Gasteiger partial charge in [0, 0.05) is 23.6 Å². The smallest absolute Gasteiger partial charge is 0.228 e. The number of nitrogens with zero attached hydrogens (tertiary/aromatic N) is 2. The average Bonchev–Trinajstić information content (AvgIpc) is 3.10. The molecule has 0 saturated heterocycles. The third-order valence-electron chi connectivity index (χ3n) is 3.46. The van der Waals surface area contributed by atoms with Crippen molar-refractivity contribution in [1.29, 1.82) is 0 Å². The minimum Gasteiger partial charge on any atom is -0.496 e. The molecule has 23 heavy (non-hydrogen) atoms. The number of carbonyl (C=O) groups excluding carboxylic acids is 1. The fraction of sp³-hybridized carbons (Fsp3) is 0.111. The predicted molar refractivity (Wildman–Crippen MR) is 88.9 cm³/mol. The summed E-state index contributed by atoms with van der Waals surface area (Å²) >= 11 is 0. The van der Waals surface area contributed by atoms with Crippen LogP contribution < -0.4 is 10.1 Å². The fourth-order valence-electron chi connectivity index (χ4n) is 2.35. The van der Waals surface area contributed by atoms with E-state index in [1.807, 2.05) is 60.8 Å². The van der Waals surface area contributed by atoms with Gasteiger partial charge in [-0.15, -0.1) is 0 Å². The van der Waals surface area contributed by atoms with Gasteiger partial charge in [-0.25, -0.2) is 4.68 Å². The number of nitrogens with one attached hydrogen (secondary N) is 1. The van der Waals surface area contributed by atoms with Crippen molar-refractivity contribution in [3.63, 3.8) is 0 Å². The second-order valence-electron chi connectivity index (χ2n) is 5.03. The number of benzene rings is 2. The monoisotopic (exact) mass is 307 g/mol. The Morgan fingerprint density at radius 2 is 1.91 bits per heavy atom. The molecule has 1 heterocycles. The first-order valence-electron chi connectivity index (χ1n) is 7.28. The van der Waals surface area contributed by atoms with Crippen LogP contribution in [0, 0.1) is 0 Å². The van der Waals surface area contributed by atoms with Crippen LogP contribution in [0.15, 0.2) is 67.0 Å². The Morgan fingerprint density at radius 1 is 1.13 bits per heavy atom. The number of para-hydroxylation sites is 1. The molecular formula is C18H17N3O2. The first-order chi connectivity index (χ1) is 11.3. The van der Waals surface area contributed by atoms with Gasteiger partial charge in [0.1, 0.15) is 5.75 Å². The standard InChI is InChI=1S/C18H17N3O2/c1-23-17-6-3-2-5-14(17)13-18(22)20-15-7-9-16(10-8-15)21-12-4-11-19-21/h2-12H,13H2,1H3,(H,20,22). The van der Waals surface area contributed by atoms with Gasteiger partial charge in [0.2, 0.25) is 5.91 Å². The van der Waals surface area contributed by atoms with Gasteiger partial charge >= 0.3 is 0 Å². The third-order valence-corrected chi connectivity index (χ3v) is 3.46. The summed E-state index contributed by atoms with van der Waals surface area (Å²) in [4.78, 5) is 12.2. The van der Waals surface area contributed by atoms with E-state index in [1.165, 1.54) is 0 Å². The molecule has 5 heteroatoms. The van der Waals surface area contributed by atoms with Gasteiger partial charge in [-0.2, -0.15) is 5.10 Å². The average molecular weight is 307 g/mol. The molecule has 0 aliphatic rings. The summed E-state index contributed by atoms with van der Waals surface area (Å²) in [5, 5.41) is 7.06. The first-order valence-corrected chi connectivity index (χ1v) is 7.28. The van der Waals surface area contributed by atoms with Crippen molar-refractivity contribution in [1.82, 2.24) is 9.78 Å². The highest BCUT2D eigenvalue weighted by Gasteiger charge is 2.08. The topological polar surface area (TPSA) is 56.1 Å². The van der Waals surface area contributed by atoms with Crippen LogP contribution >= 0.6 is 0 Å². The van der Waals surface area contributed by atoms with Crippen molar-refractivity contribution in [3.05, 3.63) is 72.6 Å². The Balaban J connectivity index is 1.66. The van der Waals surface area contributed by atoms with Crippen LogP contribution in [0.3, 0.4) is 0 Å². The Kier molecular flexibility index (Phi) is 4.38. The van der Waals surface area contributed by atoms with Crippen molar-refractivity contribution in [2.75, 3.05) is 12.4 Å². The predicted octanol–water partition coefficient (Wildman–Crippen LogP) is 3.06. The van der Waals surface area contributed by atoms with E-state index in [1.54, 1.807) is 18.0 Å². The van der Waals surface area contributed by atoms with E-state index in [4.69, 9.17) is 4.74 Å². The van der Waals surface area contributed by atoms with Crippen LogP contribution in [0.5, 0.6) is 5.75 Å². The molecule has 0 spiro atoms. The minimum atomic E-state index is -0.0821. The van der Waals surface area contributed by atoms with Crippen molar-refractivity contribution < 1.29 is 9.53 Å². The summed E-state index contributed by atoms with van der Waals surface area (Å²) < 4.78 is 7.03. The molecule has 1 amide bonds. The lowest BCUT2D eigenvalue weighted by Gasteiger charge is -2.09. The molecule has 3 aromatic rings. The lowest BCUT2D eigenvalue weighted by Crippen LogP contribution is -2.14. The highest BCUT2D eigenvalue weighted by molar-refractivity contribution is 5.92. The second kappa shape index (κ2) is 6.79. The van der Waals surface area contributed by atoms with E-state index < -0.39 is 0 Å². The number of rotatable bonds is 5. The number of aromatic nitrogens is 2. The number of anilines is 1. The van der Waals surface area contributed by atoms with E-state index in [-0.39, 0.29) is 12.3 Å². The van der Waals surface area contributed by atoms with Crippen LogP contribution in [0.25, 0.3) is 5.69 Å². The fourth-order valence-corrected chi connectivity index (χ4v) is 2.35. The van der Waals surface area contributed by atoms with Gasteiger partial charge in [-0.3, -0.25) is 4.79 Å². The van der Waals surface area contributed by atoms with Crippen LogP contribution in [-0.2, 0) is 11.2 Å². The van der Waals surface area contributed by atoms with Crippen LogP contribution in [0.4, 0.5) is 5.69 Å². The summed E-state index contributed by atoms with van der Waals surface area (Å²) in [6.45, 7) is 0. The van der Waals surface area contributed by atoms with E-state index in [0.717, 1.165) is 22.7 Å². The number of ether oxygens (including phenoxy) is 1.